The minimum absolute atomic E-state index is 0.225. The van der Waals surface area contributed by atoms with Crippen molar-refractivity contribution in [1.29, 1.82) is 0 Å². The fourth-order valence-corrected chi connectivity index (χ4v) is 2.27. The molecule has 154 valence electrons. The number of carbonyl (C=O) groups excluding carboxylic acids is 2. The zero-order valence-electron chi connectivity index (χ0n) is 13.9. The number of nitro groups is 1. The van der Waals surface area contributed by atoms with Gasteiger partial charge in [0.2, 0.25) is 0 Å². The highest BCUT2D eigenvalue weighted by Crippen LogP contribution is 2.35. The van der Waals surface area contributed by atoms with Crippen molar-refractivity contribution < 1.29 is 41.2 Å². The third-order valence-electron chi connectivity index (χ3n) is 3.36. The number of nitrogens with zero attached hydrogens (tertiary/aromatic N) is 1. The molecule has 0 saturated heterocycles. The summed E-state index contributed by atoms with van der Waals surface area (Å²) >= 11 is 5.57. The molecular formula is C16H8ClF5N2O5. The van der Waals surface area contributed by atoms with Gasteiger partial charge in [0.05, 0.1) is 21.1 Å². The second-order valence-corrected chi connectivity index (χ2v) is 5.76. The van der Waals surface area contributed by atoms with Gasteiger partial charge in [-0.2, -0.15) is 13.2 Å². The lowest BCUT2D eigenvalue weighted by Crippen LogP contribution is -2.22. The minimum atomic E-state index is -4.84. The molecule has 0 aliphatic carbocycles. The number of rotatable bonds is 5. The first kappa shape index (κ1) is 22.0. The summed E-state index contributed by atoms with van der Waals surface area (Å²) in [6.07, 6.45) is -4.84. The molecule has 0 fully saturated rings. The normalized spacial score (nSPS) is 11.1. The van der Waals surface area contributed by atoms with Crippen LogP contribution in [0.5, 0.6) is 0 Å². The highest BCUT2D eigenvalue weighted by molar-refractivity contribution is 6.33. The quantitative estimate of drug-likeness (QED) is 0.246. The molecule has 1 amide bonds. The van der Waals surface area contributed by atoms with Crippen LogP contribution in [-0.2, 0) is 15.7 Å². The smallest absolute Gasteiger partial charge is 0.416 e. The molecule has 2 aromatic rings. The van der Waals surface area contributed by atoms with Gasteiger partial charge in [0, 0.05) is 6.07 Å². The number of benzene rings is 2. The van der Waals surface area contributed by atoms with Crippen molar-refractivity contribution >= 4 is 34.9 Å². The number of amides is 1. The van der Waals surface area contributed by atoms with E-state index in [2.05, 4.69) is 4.74 Å². The van der Waals surface area contributed by atoms with Crippen molar-refractivity contribution in [2.24, 2.45) is 0 Å². The third kappa shape index (κ3) is 5.38. The average molecular weight is 439 g/mol. The van der Waals surface area contributed by atoms with Crippen LogP contribution in [0.15, 0.2) is 30.3 Å². The second-order valence-electron chi connectivity index (χ2n) is 5.36. The minimum Gasteiger partial charge on any atom is -0.452 e. The molecule has 0 heterocycles. The maximum atomic E-state index is 13.2. The fourth-order valence-electron chi connectivity index (χ4n) is 2.04. The van der Waals surface area contributed by atoms with Crippen LogP contribution in [0.1, 0.15) is 15.9 Å². The maximum absolute atomic E-state index is 13.2. The molecule has 0 spiro atoms. The third-order valence-corrected chi connectivity index (χ3v) is 3.67. The van der Waals surface area contributed by atoms with Gasteiger partial charge >= 0.3 is 12.1 Å². The first-order valence-electron chi connectivity index (χ1n) is 7.37. The lowest BCUT2D eigenvalue weighted by molar-refractivity contribution is -0.384. The first-order valence-corrected chi connectivity index (χ1v) is 7.75. The Labute approximate surface area is 163 Å². The summed E-state index contributed by atoms with van der Waals surface area (Å²) in [6.45, 7) is -1.04. The number of nitrogens with one attached hydrogen (secondary N) is 1. The number of nitro benzene ring substituents is 1. The van der Waals surface area contributed by atoms with E-state index in [0.29, 0.717) is 24.3 Å². The molecule has 0 aromatic heterocycles. The van der Waals surface area contributed by atoms with E-state index in [1.807, 2.05) is 5.32 Å². The van der Waals surface area contributed by atoms with Crippen LogP contribution >= 0.6 is 11.6 Å². The van der Waals surface area contributed by atoms with Gasteiger partial charge in [0.15, 0.2) is 18.2 Å². The average Bonchev–Trinajstić information content (AvgIpc) is 2.62. The van der Waals surface area contributed by atoms with E-state index in [0.717, 1.165) is 0 Å². The Morgan fingerprint density at radius 1 is 1.14 bits per heavy atom. The zero-order valence-corrected chi connectivity index (χ0v) is 14.6. The summed E-state index contributed by atoms with van der Waals surface area (Å²) in [4.78, 5) is 33.4. The summed E-state index contributed by atoms with van der Waals surface area (Å²) in [5.74, 6) is -5.16. The number of anilines is 1. The van der Waals surface area contributed by atoms with Crippen molar-refractivity contribution in [2.45, 2.75) is 6.18 Å². The standard InChI is InChI=1S/C16H8ClF5N2O5/c17-9-5-11(19)10(18)4-8(9)15(26)29-6-14(25)23-12-2-1-7(16(20,21)22)3-13(12)24(27)28/h1-5H,6H2,(H,23,25). The Kier molecular flexibility index (Phi) is 6.37. The van der Waals surface area contributed by atoms with E-state index in [4.69, 9.17) is 11.6 Å². The number of esters is 1. The van der Waals surface area contributed by atoms with Gasteiger partial charge in [-0.25, -0.2) is 13.6 Å². The van der Waals surface area contributed by atoms with Crippen LogP contribution < -0.4 is 5.32 Å². The lowest BCUT2D eigenvalue weighted by Gasteiger charge is -2.10. The maximum Gasteiger partial charge on any atom is 0.416 e. The first-order chi connectivity index (χ1) is 13.4. The summed E-state index contributed by atoms with van der Waals surface area (Å²) < 4.78 is 68.7. The molecule has 13 heteroatoms. The predicted molar refractivity (Wildman–Crippen MR) is 88.4 cm³/mol. The van der Waals surface area contributed by atoms with E-state index in [-0.39, 0.29) is 6.07 Å². The van der Waals surface area contributed by atoms with Gasteiger partial charge in [-0.3, -0.25) is 14.9 Å². The van der Waals surface area contributed by atoms with E-state index < -0.39 is 68.7 Å². The van der Waals surface area contributed by atoms with E-state index in [1.54, 1.807) is 0 Å². The van der Waals surface area contributed by atoms with Crippen molar-refractivity contribution in [3.63, 3.8) is 0 Å². The fraction of sp³-hybridized carbons (Fsp3) is 0.125. The van der Waals surface area contributed by atoms with E-state index in [1.165, 1.54) is 0 Å². The van der Waals surface area contributed by atoms with Crippen LogP contribution in [0, 0.1) is 21.7 Å². The largest absolute Gasteiger partial charge is 0.452 e. The van der Waals surface area contributed by atoms with Gasteiger partial charge < -0.3 is 10.1 Å². The summed E-state index contributed by atoms with van der Waals surface area (Å²) in [6, 6.07) is 2.35. The number of alkyl halides is 3. The Morgan fingerprint density at radius 3 is 2.34 bits per heavy atom. The van der Waals surface area contributed by atoms with E-state index in [9.17, 15) is 41.7 Å². The SMILES string of the molecule is O=C(COC(=O)c1cc(F)c(F)cc1Cl)Nc1ccc(C(F)(F)F)cc1[N+](=O)[O-]. The second kappa shape index (κ2) is 8.39. The molecule has 0 saturated carbocycles. The van der Waals surface area contributed by atoms with Gasteiger partial charge in [0.25, 0.3) is 11.6 Å². The van der Waals surface area contributed by atoms with Crippen LogP contribution in [-0.4, -0.2) is 23.4 Å². The molecule has 0 unspecified atom stereocenters. The molecule has 2 rings (SSSR count). The molecule has 1 N–H and O–H groups in total. The van der Waals surface area contributed by atoms with Crippen LogP contribution in [0.2, 0.25) is 5.02 Å². The van der Waals surface area contributed by atoms with Gasteiger partial charge in [-0.1, -0.05) is 11.6 Å². The summed E-state index contributed by atoms with van der Waals surface area (Å²) in [7, 11) is 0. The van der Waals surface area contributed by atoms with Crippen molar-refractivity contribution in [3.8, 4) is 0 Å². The Bertz CT molecular complexity index is 996. The summed E-state index contributed by atoms with van der Waals surface area (Å²) in [5.41, 5.74) is -3.50. The molecule has 0 bridgehead atoms. The molecule has 7 nitrogen and oxygen atoms in total. The Hall–Kier alpha value is -3.28. The highest BCUT2D eigenvalue weighted by Gasteiger charge is 2.33. The van der Waals surface area contributed by atoms with Crippen LogP contribution in [0.4, 0.5) is 33.3 Å². The van der Waals surface area contributed by atoms with Crippen molar-refractivity contribution in [2.75, 3.05) is 11.9 Å². The monoisotopic (exact) mass is 438 g/mol. The molecule has 0 aliphatic rings. The van der Waals surface area contributed by atoms with Crippen molar-refractivity contribution in [1.82, 2.24) is 0 Å². The topological polar surface area (TPSA) is 98.5 Å². The number of ether oxygens (including phenoxy) is 1. The number of hydrogen-bond donors (Lipinski definition) is 1. The molecule has 0 atom stereocenters. The molecule has 0 aliphatic heterocycles. The van der Waals surface area contributed by atoms with Gasteiger partial charge in [-0.05, 0) is 24.3 Å². The van der Waals surface area contributed by atoms with Crippen LogP contribution in [0.25, 0.3) is 0 Å². The van der Waals surface area contributed by atoms with Crippen LogP contribution in [0.3, 0.4) is 0 Å². The Morgan fingerprint density at radius 2 is 1.76 bits per heavy atom. The zero-order chi connectivity index (χ0) is 21.9. The number of hydrogen-bond acceptors (Lipinski definition) is 5. The number of carbonyl (C=O) groups is 2. The molecular weight excluding hydrogens is 431 g/mol. The van der Waals surface area contributed by atoms with Gasteiger partial charge in [0.1, 0.15) is 5.69 Å². The molecule has 2 aromatic carbocycles. The molecule has 0 radical (unpaired) electrons. The lowest BCUT2D eigenvalue weighted by atomic mass is 10.1. The molecule has 29 heavy (non-hydrogen) atoms. The summed E-state index contributed by atoms with van der Waals surface area (Å²) in [5, 5.41) is 12.4. The number of halogens is 6. The Balaban J connectivity index is 2.10. The van der Waals surface area contributed by atoms with Crippen molar-refractivity contribution in [3.05, 3.63) is 68.2 Å². The predicted octanol–water partition coefficient (Wildman–Crippen LogP) is 4.34. The van der Waals surface area contributed by atoms with Gasteiger partial charge in [-0.15, -0.1) is 0 Å². The highest BCUT2D eigenvalue weighted by atomic mass is 35.5. The van der Waals surface area contributed by atoms with E-state index >= 15 is 0 Å².